The third-order valence-corrected chi connectivity index (χ3v) is 11.4. The highest BCUT2D eigenvalue weighted by Gasteiger charge is 2.50. The Morgan fingerprint density at radius 3 is 1.16 bits per heavy atom. The van der Waals surface area contributed by atoms with Crippen molar-refractivity contribution in [1.29, 1.82) is 0 Å². The fourth-order valence-electron chi connectivity index (χ4n) is 8.77. The molecule has 4 unspecified atom stereocenters. The van der Waals surface area contributed by atoms with Crippen molar-refractivity contribution in [3.05, 3.63) is 173 Å². The molecular weight excluding hydrogens is 703 g/mol. The lowest BCUT2D eigenvalue weighted by atomic mass is 9.78. The number of ether oxygens (including phenoxy) is 4. The maximum Gasteiger partial charge on any atom is 0.130 e. The van der Waals surface area contributed by atoms with Gasteiger partial charge in [0.2, 0.25) is 0 Å². The zero-order valence-electron chi connectivity index (χ0n) is 32.5. The average molecular weight is 758 g/mol. The van der Waals surface area contributed by atoms with Crippen LogP contribution in [0.2, 0.25) is 0 Å². The second-order valence-corrected chi connectivity index (χ2v) is 15.0. The molecule has 2 saturated heterocycles. The number of rotatable bonds is 18. The molecule has 7 rings (SSSR count). The number of benzene rings is 4. The third-order valence-electron chi connectivity index (χ3n) is 11.4. The van der Waals surface area contributed by atoms with E-state index in [0.717, 1.165) is 33.6 Å². The smallest absolute Gasteiger partial charge is 0.130 e. The van der Waals surface area contributed by atoms with Crippen molar-refractivity contribution >= 4 is 0 Å². The summed E-state index contributed by atoms with van der Waals surface area (Å²) in [7, 11) is 3.36. The molecule has 3 heterocycles. The summed E-state index contributed by atoms with van der Waals surface area (Å²) in [5.41, 5.74) is 2.58. The van der Waals surface area contributed by atoms with Gasteiger partial charge in [0.25, 0.3) is 0 Å². The van der Waals surface area contributed by atoms with E-state index in [1.807, 2.05) is 121 Å². The molecule has 0 amide bonds. The van der Waals surface area contributed by atoms with Gasteiger partial charge in [-0.25, -0.2) is 0 Å². The largest absolute Gasteiger partial charge is 0.382 e. The Bertz CT molecular complexity index is 1700. The Balaban J connectivity index is 1.19. The number of hydrogen-bond donors (Lipinski definition) is 2. The van der Waals surface area contributed by atoms with E-state index < -0.39 is 11.2 Å². The average Bonchev–Trinajstić information content (AvgIpc) is 3.85. The van der Waals surface area contributed by atoms with E-state index in [1.165, 1.54) is 0 Å². The molecule has 0 bridgehead atoms. The highest BCUT2D eigenvalue weighted by atomic mass is 16.5. The molecule has 0 radical (unpaired) electrons. The Hall–Kier alpha value is -4.29. The first-order chi connectivity index (χ1) is 27.4. The highest BCUT2D eigenvalue weighted by molar-refractivity contribution is 5.40. The van der Waals surface area contributed by atoms with Gasteiger partial charge in [-0.1, -0.05) is 127 Å². The molecule has 2 aliphatic rings. The molecule has 294 valence electrons. The quantitative estimate of drug-likeness (QED) is 0.102. The molecule has 5 aromatic rings. The molecule has 9 heteroatoms. The number of methoxy groups -OCH3 is 2. The van der Waals surface area contributed by atoms with Crippen LogP contribution in [0.3, 0.4) is 0 Å². The van der Waals surface area contributed by atoms with Crippen LogP contribution in [-0.4, -0.2) is 103 Å². The van der Waals surface area contributed by atoms with Crippen LogP contribution < -0.4 is 0 Å². The monoisotopic (exact) mass is 757 g/mol. The summed E-state index contributed by atoms with van der Waals surface area (Å²) >= 11 is 0. The number of hydrogen-bond acceptors (Lipinski definition) is 9. The molecule has 1 aromatic heterocycles. The summed E-state index contributed by atoms with van der Waals surface area (Å²) in [6.07, 6.45) is 1.10. The van der Waals surface area contributed by atoms with Crippen LogP contribution in [-0.2, 0) is 43.2 Å². The Morgan fingerprint density at radius 2 is 0.839 bits per heavy atom. The highest BCUT2D eigenvalue weighted by Crippen LogP contribution is 2.43. The Kier molecular flexibility index (Phi) is 13.4. The predicted octanol–water partition coefficient (Wildman–Crippen LogP) is 6.17. The first kappa shape index (κ1) is 39.9. The van der Waals surface area contributed by atoms with E-state index in [-0.39, 0.29) is 24.3 Å². The molecule has 0 spiro atoms. The molecule has 56 heavy (non-hydrogen) atoms. The molecule has 0 aliphatic carbocycles. The van der Waals surface area contributed by atoms with Crippen molar-refractivity contribution < 1.29 is 29.2 Å². The van der Waals surface area contributed by atoms with Gasteiger partial charge in [-0.05, 0) is 47.2 Å². The topological polar surface area (TPSA) is 96.8 Å². The molecule has 2 fully saturated rings. The number of nitrogens with zero attached hydrogens (tertiary/aromatic N) is 3. The fourth-order valence-corrected chi connectivity index (χ4v) is 8.77. The van der Waals surface area contributed by atoms with E-state index in [9.17, 15) is 10.2 Å². The maximum absolute atomic E-state index is 12.9. The summed E-state index contributed by atoms with van der Waals surface area (Å²) < 4.78 is 23.3. The number of aromatic nitrogens is 1. The van der Waals surface area contributed by atoms with Crippen molar-refractivity contribution in [1.82, 2.24) is 14.8 Å². The Labute approximate surface area is 331 Å². The number of likely N-dealkylation sites (tertiary alicyclic amines) is 2. The molecule has 0 saturated carbocycles. The van der Waals surface area contributed by atoms with Gasteiger partial charge >= 0.3 is 0 Å². The van der Waals surface area contributed by atoms with E-state index >= 15 is 0 Å². The molecule has 4 aromatic carbocycles. The minimum Gasteiger partial charge on any atom is -0.382 e. The summed E-state index contributed by atoms with van der Waals surface area (Å²) in [4.78, 5) is 9.91. The van der Waals surface area contributed by atoms with Gasteiger partial charge < -0.3 is 29.2 Å². The summed E-state index contributed by atoms with van der Waals surface area (Å²) in [5.74, 6) is 0. The van der Waals surface area contributed by atoms with E-state index in [1.54, 1.807) is 14.2 Å². The standard InChI is InChI=1S/C47H55N3O6/c1-53-26-28-55-42-30-44(46(51,36-16-7-3-8-17-36)37-18-9-4-10-19-37)49(34-42)32-40-24-15-25-41(48-40)33-50-35-43(56-29-27-54-2)31-45(50)47(52,38-20-11-5-12-21-38)39-22-13-6-14-23-39/h3-25,42-45,51-52H,26-35H2,1-2H3. The van der Waals surface area contributed by atoms with Crippen molar-refractivity contribution in [2.24, 2.45) is 0 Å². The van der Waals surface area contributed by atoms with Crippen LogP contribution in [0.4, 0.5) is 0 Å². The molecular formula is C47H55N3O6. The molecule has 4 atom stereocenters. The molecule has 2 aliphatic heterocycles. The lowest BCUT2D eigenvalue weighted by Gasteiger charge is -2.40. The second-order valence-electron chi connectivity index (χ2n) is 15.0. The number of pyridine rings is 1. The van der Waals surface area contributed by atoms with Gasteiger partial charge in [-0.2, -0.15) is 0 Å². The van der Waals surface area contributed by atoms with Gasteiger partial charge in [0.1, 0.15) is 11.2 Å². The van der Waals surface area contributed by atoms with Crippen LogP contribution in [0.15, 0.2) is 140 Å². The lowest BCUT2D eigenvalue weighted by Crippen LogP contribution is -2.48. The van der Waals surface area contributed by atoms with E-state index in [4.69, 9.17) is 23.9 Å². The van der Waals surface area contributed by atoms with Crippen molar-refractivity contribution in [3.63, 3.8) is 0 Å². The SMILES string of the molecule is COCCOC1CC(C(O)(c2ccccc2)c2ccccc2)N(Cc2cccc(CN3CC(OCCOC)CC3C(O)(c3ccccc3)c3ccccc3)n2)C1. The van der Waals surface area contributed by atoms with Crippen LogP contribution >= 0.6 is 0 Å². The second kappa shape index (κ2) is 18.8. The maximum atomic E-state index is 12.9. The molecule has 2 N–H and O–H groups in total. The fraction of sp³-hybridized carbons (Fsp3) is 0.383. The summed E-state index contributed by atoms with van der Waals surface area (Å²) in [6, 6.07) is 45.4. The van der Waals surface area contributed by atoms with Crippen LogP contribution in [0.5, 0.6) is 0 Å². The zero-order chi connectivity index (χ0) is 38.8. The van der Waals surface area contributed by atoms with E-state index in [2.05, 4.69) is 28.0 Å². The van der Waals surface area contributed by atoms with Gasteiger partial charge in [0, 0.05) is 52.5 Å². The summed E-state index contributed by atoms with van der Waals surface area (Å²) in [6.45, 7) is 4.30. The van der Waals surface area contributed by atoms with Gasteiger partial charge in [-0.15, -0.1) is 0 Å². The lowest BCUT2D eigenvalue weighted by molar-refractivity contribution is -0.00878. The first-order valence-corrected chi connectivity index (χ1v) is 19.7. The van der Waals surface area contributed by atoms with Crippen molar-refractivity contribution in [3.8, 4) is 0 Å². The number of aliphatic hydroxyl groups is 2. The first-order valence-electron chi connectivity index (χ1n) is 19.7. The van der Waals surface area contributed by atoms with Gasteiger partial charge in [-0.3, -0.25) is 14.8 Å². The van der Waals surface area contributed by atoms with Crippen LogP contribution in [0.25, 0.3) is 0 Å². The minimum absolute atomic E-state index is 0.0914. The van der Waals surface area contributed by atoms with Crippen LogP contribution in [0, 0.1) is 0 Å². The van der Waals surface area contributed by atoms with Gasteiger partial charge in [0.15, 0.2) is 0 Å². The zero-order valence-corrected chi connectivity index (χ0v) is 32.5. The predicted molar refractivity (Wildman–Crippen MR) is 217 cm³/mol. The van der Waals surface area contributed by atoms with Crippen molar-refractivity contribution in [2.75, 3.05) is 53.7 Å². The van der Waals surface area contributed by atoms with Crippen LogP contribution in [0.1, 0.15) is 46.5 Å². The normalized spacial score (nSPS) is 20.8. The third kappa shape index (κ3) is 8.81. The Morgan fingerprint density at radius 1 is 0.500 bits per heavy atom. The van der Waals surface area contributed by atoms with E-state index in [0.29, 0.717) is 65.4 Å². The van der Waals surface area contributed by atoms with Crippen molar-refractivity contribution in [2.45, 2.75) is 61.4 Å². The van der Waals surface area contributed by atoms with Gasteiger partial charge in [0.05, 0.1) is 50.0 Å². The molecule has 9 nitrogen and oxygen atoms in total. The minimum atomic E-state index is -1.29. The summed E-state index contributed by atoms with van der Waals surface area (Å²) in [5, 5.41) is 25.9.